The van der Waals surface area contributed by atoms with Crippen LogP contribution < -0.4 is 5.32 Å². The molecule has 15 heteroatoms. The highest BCUT2D eigenvalue weighted by Crippen LogP contribution is 2.70. The Morgan fingerprint density at radius 1 is 1.05 bits per heavy atom. The van der Waals surface area contributed by atoms with Gasteiger partial charge < -0.3 is 53.8 Å². The number of aliphatic hydroxyl groups excluding tert-OH is 2. The molecule has 2 heterocycles. The van der Waals surface area contributed by atoms with Crippen molar-refractivity contribution in [2.45, 2.75) is 162 Å². The Kier molecular flexibility index (Phi) is 11.8. The summed E-state index contributed by atoms with van der Waals surface area (Å²) in [6.45, 7) is 21.9. The molecule has 0 spiro atoms. The second kappa shape index (κ2) is 15.0. The second-order valence-electron chi connectivity index (χ2n) is 18.2. The van der Waals surface area contributed by atoms with Crippen LogP contribution in [0, 0.1) is 28.1 Å². The highest BCUT2D eigenvalue weighted by atomic mass is 16.7. The Morgan fingerprint density at radius 3 is 2.22 bits per heavy atom. The molecule has 3 aliphatic carbocycles. The third kappa shape index (κ3) is 7.45. The van der Waals surface area contributed by atoms with E-state index in [4.69, 9.17) is 33.2 Å². The average Bonchev–Trinajstić information content (AvgIpc) is 3.30. The van der Waals surface area contributed by atoms with Crippen molar-refractivity contribution in [3.8, 4) is 0 Å². The summed E-state index contributed by atoms with van der Waals surface area (Å²) in [5, 5.41) is 39.7. The molecule has 13 atom stereocenters. The standard InChI is InChI=1S/C40H61NO14/c1-13-27-53-25-15-26-39(18-50-26,17-49-21(5)42)31-32(45)40(37(10,11)48)16-24(20(4)28(40)30(51-22(6)43)33(54-27)38(25,31)12)52-34(46)29(44)23(14-19(2)3)41-35(47)55-36(7,8)9/h13,19,23-27,29-33,44-45,48H,1,14-18H2,2-12H3,(H,41,47)/t23?,24-,25-,26+,27+,29+,30-,31-,32-,33-,38+,39+,40-/m0/s1. The van der Waals surface area contributed by atoms with E-state index in [-0.39, 0.29) is 32.0 Å². The molecule has 0 aromatic rings. The van der Waals surface area contributed by atoms with Crippen LogP contribution in [0.3, 0.4) is 0 Å². The summed E-state index contributed by atoms with van der Waals surface area (Å²) in [4.78, 5) is 52.0. The zero-order valence-corrected chi connectivity index (χ0v) is 34.0. The SMILES string of the molecule is C=C[C@@H]1O[C@H]2C[C@H]3OC[C@@]3(COC(C)=O)[C@H]3[C@H](O)[C@]4(C(C)(C)O)C[C@H](OC(=O)[C@H](O)C(CC(C)C)NC(=O)OC(C)(C)C)C(C)=C4[C@H](OC(C)=O)[C@H](O1)[C@]23C. The molecule has 4 N–H and O–H groups in total. The first-order valence-electron chi connectivity index (χ1n) is 19.2. The maximum absolute atomic E-state index is 13.9. The number of carbonyl (C=O) groups is 4. The summed E-state index contributed by atoms with van der Waals surface area (Å²) in [7, 11) is 0. The van der Waals surface area contributed by atoms with Crippen molar-refractivity contribution in [1.82, 2.24) is 5.32 Å². The van der Waals surface area contributed by atoms with Gasteiger partial charge in [-0.2, -0.15) is 0 Å². The first-order valence-corrected chi connectivity index (χ1v) is 19.2. The quantitative estimate of drug-likeness (QED) is 0.135. The Balaban J connectivity index is 1.65. The van der Waals surface area contributed by atoms with Crippen LogP contribution in [-0.4, -0.2) is 119 Å². The van der Waals surface area contributed by atoms with Crippen molar-refractivity contribution in [2.24, 2.45) is 28.1 Å². The van der Waals surface area contributed by atoms with Crippen molar-refractivity contribution < 1.29 is 67.7 Å². The van der Waals surface area contributed by atoms with Gasteiger partial charge in [0.2, 0.25) is 0 Å². The summed E-state index contributed by atoms with van der Waals surface area (Å²) in [5.41, 5.74) is -5.71. The molecule has 1 amide bonds. The van der Waals surface area contributed by atoms with Gasteiger partial charge in [0.05, 0.1) is 47.4 Å². The number of ether oxygens (including phenoxy) is 7. The number of esters is 3. The number of hydrogen-bond acceptors (Lipinski definition) is 14. The van der Waals surface area contributed by atoms with E-state index in [9.17, 15) is 34.5 Å². The molecule has 5 aliphatic rings. The predicted molar refractivity (Wildman–Crippen MR) is 195 cm³/mol. The topological polar surface area (TPSA) is 206 Å². The number of hydrogen-bond donors (Lipinski definition) is 4. The number of fused-ring (bicyclic) bond motifs is 3. The van der Waals surface area contributed by atoms with Crippen molar-refractivity contribution >= 4 is 24.0 Å². The Bertz CT molecular complexity index is 1560. The van der Waals surface area contributed by atoms with Crippen LogP contribution in [0.5, 0.6) is 0 Å². The normalized spacial score (nSPS) is 37.9. The largest absolute Gasteiger partial charge is 0.465 e. The van der Waals surface area contributed by atoms with Gasteiger partial charge in [0.1, 0.15) is 24.4 Å². The van der Waals surface area contributed by atoms with Gasteiger partial charge in [0.15, 0.2) is 18.5 Å². The monoisotopic (exact) mass is 779 g/mol. The third-order valence-electron chi connectivity index (χ3n) is 12.5. The van der Waals surface area contributed by atoms with Crippen molar-refractivity contribution in [3.63, 3.8) is 0 Å². The molecular formula is C40H61NO14. The molecule has 1 unspecified atom stereocenters. The summed E-state index contributed by atoms with van der Waals surface area (Å²) < 4.78 is 42.5. The zero-order chi connectivity index (χ0) is 41.2. The van der Waals surface area contributed by atoms with Crippen LogP contribution in [0.4, 0.5) is 4.79 Å². The maximum Gasteiger partial charge on any atom is 0.407 e. The lowest BCUT2D eigenvalue weighted by atomic mass is 9.45. The smallest absolute Gasteiger partial charge is 0.407 e. The molecule has 2 aliphatic heterocycles. The van der Waals surface area contributed by atoms with E-state index in [1.54, 1.807) is 27.7 Å². The fourth-order valence-electron chi connectivity index (χ4n) is 10.2. The summed E-state index contributed by atoms with van der Waals surface area (Å²) >= 11 is 0. The first kappa shape index (κ1) is 43.1. The number of amides is 1. The van der Waals surface area contributed by atoms with E-state index in [1.165, 1.54) is 33.8 Å². The highest BCUT2D eigenvalue weighted by Gasteiger charge is 2.78. The number of alkyl carbamates (subject to hydrolysis) is 1. The predicted octanol–water partition coefficient (Wildman–Crippen LogP) is 3.25. The fourth-order valence-corrected chi connectivity index (χ4v) is 10.2. The van der Waals surface area contributed by atoms with Gasteiger partial charge in [0, 0.05) is 38.0 Å². The van der Waals surface area contributed by atoms with Gasteiger partial charge in [-0.25, -0.2) is 9.59 Å². The molecular weight excluding hydrogens is 718 g/mol. The molecule has 55 heavy (non-hydrogen) atoms. The van der Waals surface area contributed by atoms with Crippen molar-refractivity contribution in [2.75, 3.05) is 13.2 Å². The summed E-state index contributed by atoms with van der Waals surface area (Å²) in [6, 6.07) is -1.08. The summed E-state index contributed by atoms with van der Waals surface area (Å²) in [5.74, 6) is -3.15. The minimum atomic E-state index is -1.82. The minimum Gasteiger partial charge on any atom is -0.465 e. The lowest BCUT2D eigenvalue weighted by molar-refractivity contribution is -0.384. The van der Waals surface area contributed by atoms with Crippen LogP contribution in [0.15, 0.2) is 23.8 Å². The van der Waals surface area contributed by atoms with Crippen LogP contribution >= 0.6 is 0 Å². The van der Waals surface area contributed by atoms with Gasteiger partial charge in [-0.05, 0) is 71.1 Å². The molecule has 5 rings (SSSR count). The fraction of sp³-hybridized carbons (Fsp3) is 0.800. The molecule has 0 bridgehead atoms. The van der Waals surface area contributed by atoms with Gasteiger partial charge in [0.25, 0.3) is 0 Å². The Hall–Kier alpha value is -3.08. The van der Waals surface area contributed by atoms with Crippen molar-refractivity contribution in [1.29, 1.82) is 0 Å². The third-order valence-corrected chi connectivity index (χ3v) is 12.5. The molecule has 0 aromatic carbocycles. The molecule has 4 fully saturated rings. The minimum absolute atomic E-state index is 0.0476. The highest BCUT2D eigenvalue weighted by molar-refractivity contribution is 5.77. The van der Waals surface area contributed by atoms with E-state index in [0.717, 1.165) is 0 Å². The maximum atomic E-state index is 13.9. The number of aliphatic hydroxyl groups is 3. The van der Waals surface area contributed by atoms with Gasteiger partial charge in [-0.1, -0.05) is 27.4 Å². The second-order valence-corrected chi connectivity index (χ2v) is 18.2. The molecule has 15 nitrogen and oxygen atoms in total. The number of rotatable bonds is 11. The Labute approximate surface area is 323 Å². The zero-order valence-electron chi connectivity index (χ0n) is 34.0. The van der Waals surface area contributed by atoms with E-state index in [0.29, 0.717) is 17.6 Å². The van der Waals surface area contributed by atoms with E-state index < -0.39 is 112 Å². The van der Waals surface area contributed by atoms with Crippen LogP contribution in [-0.2, 0) is 47.5 Å². The number of nitrogens with one attached hydrogen (secondary N) is 1. The molecule has 2 saturated carbocycles. The molecule has 0 radical (unpaired) electrons. The van der Waals surface area contributed by atoms with Crippen LogP contribution in [0.1, 0.15) is 95.4 Å². The van der Waals surface area contributed by atoms with Crippen LogP contribution in [0.2, 0.25) is 0 Å². The van der Waals surface area contributed by atoms with E-state index in [2.05, 4.69) is 11.9 Å². The lowest BCUT2D eigenvalue weighted by Gasteiger charge is -2.68. The van der Waals surface area contributed by atoms with Gasteiger partial charge in [-0.3, -0.25) is 9.59 Å². The lowest BCUT2D eigenvalue weighted by Crippen LogP contribution is -2.76. The van der Waals surface area contributed by atoms with E-state index in [1.807, 2.05) is 20.8 Å². The molecule has 2 saturated heterocycles. The van der Waals surface area contributed by atoms with Crippen molar-refractivity contribution in [3.05, 3.63) is 23.8 Å². The molecule has 0 aromatic heterocycles. The number of carbonyl (C=O) groups excluding carboxylic acids is 4. The van der Waals surface area contributed by atoms with Gasteiger partial charge in [-0.15, -0.1) is 0 Å². The average molecular weight is 780 g/mol. The van der Waals surface area contributed by atoms with Crippen LogP contribution in [0.25, 0.3) is 0 Å². The first-order chi connectivity index (χ1) is 25.3. The Morgan fingerprint density at radius 2 is 1.71 bits per heavy atom. The summed E-state index contributed by atoms with van der Waals surface area (Å²) in [6.07, 6.45) is -7.74. The molecule has 310 valence electrons. The van der Waals surface area contributed by atoms with E-state index >= 15 is 0 Å². The van der Waals surface area contributed by atoms with Gasteiger partial charge >= 0.3 is 24.0 Å².